The van der Waals surface area contributed by atoms with E-state index in [9.17, 15) is 0 Å². The Balaban J connectivity index is 0.000000173. The van der Waals surface area contributed by atoms with Crippen molar-refractivity contribution < 1.29 is 20.8 Å². The van der Waals surface area contributed by atoms with Crippen LogP contribution in [0.25, 0.3) is 54.9 Å². The van der Waals surface area contributed by atoms with Gasteiger partial charge in [-0.05, 0) is 11.1 Å². The molecule has 0 saturated carbocycles. The van der Waals surface area contributed by atoms with Crippen LogP contribution in [0.3, 0.4) is 0 Å². The van der Waals surface area contributed by atoms with Crippen LogP contribution < -0.4 is 0 Å². The quantitative estimate of drug-likeness (QED) is 0.127. The van der Waals surface area contributed by atoms with Crippen LogP contribution in [0.4, 0.5) is 0 Å². The van der Waals surface area contributed by atoms with Gasteiger partial charge >= 0.3 is 37.9 Å². The van der Waals surface area contributed by atoms with Crippen molar-refractivity contribution in [1.82, 2.24) is 0 Å². The van der Waals surface area contributed by atoms with E-state index < -0.39 is 20.8 Å². The molecule has 218 valence electrons. The second-order valence-electron chi connectivity index (χ2n) is 10.5. The van der Waals surface area contributed by atoms with Crippen LogP contribution in [0.15, 0.2) is 146 Å². The van der Waals surface area contributed by atoms with Crippen LogP contribution in [0.5, 0.6) is 0 Å². The van der Waals surface area contributed by atoms with Gasteiger partial charge in [-0.2, -0.15) is 6.07 Å². The van der Waals surface area contributed by atoms with E-state index in [1.807, 2.05) is 0 Å². The first kappa shape index (κ1) is 33.9. The maximum Gasteiger partial charge on any atom is -0.0259 e. The minimum absolute atomic E-state index is 0.826. The molecule has 0 aliphatic rings. The summed E-state index contributed by atoms with van der Waals surface area (Å²) in [5, 5.41) is 5.37. The predicted molar refractivity (Wildman–Crippen MR) is 194 cm³/mol. The average Bonchev–Trinajstić information content (AvgIpc) is 3.68. The van der Waals surface area contributed by atoms with Crippen LogP contribution >= 0.6 is 17.0 Å². The topological polar surface area (TPSA) is 0 Å². The molecule has 0 fully saturated rings. The maximum atomic E-state index is 4.93. The summed E-state index contributed by atoms with van der Waals surface area (Å²) in [6.07, 6.45) is 0. The van der Waals surface area contributed by atoms with Gasteiger partial charge in [0.1, 0.15) is 0 Å². The molecule has 0 aliphatic carbocycles. The number of fused-ring (bicyclic) bond motifs is 2. The molecule has 44 heavy (non-hydrogen) atoms. The Kier molecular flexibility index (Phi) is 13.5. The third kappa shape index (κ3) is 8.80. The fourth-order valence-corrected chi connectivity index (χ4v) is 5.36. The Morgan fingerprint density at radius 3 is 1.59 bits per heavy atom. The van der Waals surface area contributed by atoms with Crippen LogP contribution in [0, 0.1) is 13.8 Å². The minimum atomic E-state index is -0.826. The van der Waals surface area contributed by atoms with Gasteiger partial charge in [-0.3, -0.25) is 0 Å². The molecule has 0 aliphatic heterocycles. The van der Waals surface area contributed by atoms with E-state index in [0.29, 0.717) is 0 Å². The molecule has 0 nitrogen and oxygen atoms in total. The molecule has 0 heterocycles. The van der Waals surface area contributed by atoms with Gasteiger partial charge in [0.15, 0.2) is 0 Å². The van der Waals surface area contributed by atoms with Crippen LogP contribution in [0.2, 0.25) is 13.1 Å². The Bertz CT molecular complexity index is 1850. The van der Waals surface area contributed by atoms with Gasteiger partial charge in [0, 0.05) is 9.52 Å². The predicted octanol–water partition coefficient (Wildman–Crippen LogP) is 12.9. The summed E-state index contributed by atoms with van der Waals surface area (Å²) < 4.78 is 0. The summed E-state index contributed by atoms with van der Waals surface area (Å²) in [4.78, 5) is 0. The molecule has 7 rings (SSSR count). The van der Waals surface area contributed by atoms with Crippen LogP contribution in [0.1, 0.15) is 11.1 Å². The first-order valence-corrected chi connectivity index (χ1v) is 22.9. The fourth-order valence-electron chi connectivity index (χ4n) is 5.36. The van der Waals surface area contributed by atoms with Crippen molar-refractivity contribution in [2.75, 3.05) is 0 Å². The summed E-state index contributed by atoms with van der Waals surface area (Å²) in [6, 6.07) is 51.8. The minimum Gasteiger partial charge on any atom is -0.144 e. The maximum absolute atomic E-state index is 4.93. The number of hydrogen-bond donors (Lipinski definition) is 0. The summed E-state index contributed by atoms with van der Waals surface area (Å²) in [6.45, 7) is 8.64. The summed E-state index contributed by atoms with van der Waals surface area (Å²) in [5.41, 5.74) is 10.5. The standard InChI is InChI=1S/C21H15.C17H15.C2H6Si.2ClH.Zr/c1-3-8-16(9-4-1)19-14-18-12-7-13-20(21(18)15-19)17-10-5-2-6-11-17;1-12-10-16-13(2)8-9-15(17(16)11-12)14-6-4-3-5-7-14;1-3-2;;;/h1-15H;3-11H,1-2H3;1-2H3;2*1H;/q2*-1;;;;+4/p-2. The monoisotopic (exact) mass is 704 g/mol. The van der Waals surface area contributed by atoms with Crippen molar-refractivity contribution in [3.8, 4) is 33.4 Å². The summed E-state index contributed by atoms with van der Waals surface area (Å²) in [5.74, 6) is 0. The van der Waals surface area contributed by atoms with Crippen molar-refractivity contribution in [3.05, 3.63) is 157 Å². The number of rotatable bonds is 3. The normalized spacial score (nSPS) is 10.0. The van der Waals surface area contributed by atoms with Crippen molar-refractivity contribution >= 4 is 48.1 Å². The third-order valence-electron chi connectivity index (χ3n) is 7.28. The molecule has 7 aromatic rings. The van der Waals surface area contributed by atoms with Gasteiger partial charge < -0.3 is 0 Å². The van der Waals surface area contributed by atoms with Crippen molar-refractivity contribution in [3.63, 3.8) is 0 Å². The number of halogens is 2. The molecular weight excluding hydrogens is 671 g/mol. The van der Waals surface area contributed by atoms with Crippen molar-refractivity contribution in [1.29, 1.82) is 0 Å². The summed E-state index contributed by atoms with van der Waals surface area (Å²) >= 11 is -0.826. The molecule has 7 aromatic carbocycles. The van der Waals surface area contributed by atoms with Gasteiger partial charge in [0.25, 0.3) is 0 Å². The number of benzene rings is 5. The second-order valence-corrected chi connectivity index (χ2v) is 15.2. The smallest absolute Gasteiger partial charge is 0.0259 e. The molecule has 4 heteroatoms. The zero-order valence-corrected chi connectivity index (χ0v) is 30.6. The Hall–Kier alpha value is -3.00. The van der Waals surface area contributed by atoms with Gasteiger partial charge in [-0.1, -0.05) is 153 Å². The molecule has 0 atom stereocenters. The van der Waals surface area contributed by atoms with E-state index >= 15 is 0 Å². The van der Waals surface area contributed by atoms with E-state index in [4.69, 9.17) is 17.0 Å². The first-order chi connectivity index (χ1) is 21.5. The van der Waals surface area contributed by atoms with Gasteiger partial charge in [-0.25, -0.2) is 0 Å². The molecule has 0 N–H and O–H groups in total. The van der Waals surface area contributed by atoms with E-state index in [1.54, 1.807) is 0 Å². The SMILES string of the molecule is C[Si]C.Cc1cc2c(-c3ccccc3)ccc(C)c2[cH-]1.[Cl][Zr+2][Cl].c1ccc(-c2cc3c(-c4ccccc4)cccc3[cH-]2)cc1. The molecule has 0 amide bonds. The molecule has 0 aromatic heterocycles. The largest absolute Gasteiger partial charge is 0.144 e. The van der Waals surface area contributed by atoms with E-state index in [0.717, 1.165) is 9.52 Å². The second kappa shape index (κ2) is 17.5. The van der Waals surface area contributed by atoms with Gasteiger partial charge in [-0.15, -0.1) is 68.6 Å². The Morgan fingerprint density at radius 2 is 1.05 bits per heavy atom. The van der Waals surface area contributed by atoms with E-state index in [-0.39, 0.29) is 0 Å². The van der Waals surface area contributed by atoms with E-state index in [1.165, 1.54) is 66.1 Å². The van der Waals surface area contributed by atoms with E-state index in [2.05, 4.69) is 173 Å². The fraction of sp³-hybridized carbons (Fsp3) is 0.100. The molecule has 0 bridgehead atoms. The summed E-state index contributed by atoms with van der Waals surface area (Å²) in [7, 11) is 11.0. The average molecular weight is 707 g/mol. The van der Waals surface area contributed by atoms with Crippen LogP contribution in [-0.2, 0) is 20.8 Å². The zero-order valence-electron chi connectivity index (χ0n) is 25.6. The van der Waals surface area contributed by atoms with Crippen molar-refractivity contribution in [2.45, 2.75) is 26.9 Å². The number of aryl methyl sites for hydroxylation is 2. The molecular formula is C40H36Cl2SiZr. The Labute approximate surface area is 283 Å². The Morgan fingerprint density at radius 1 is 0.545 bits per heavy atom. The molecule has 0 spiro atoms. The molecule has 0 unspecified atom stereocenters. The van der Waals surface area contributed by atoms with Crippen LogP contribution in [-0.4, -0.2) is 9.52 Å². The third-order valence-corrected chi connectivity index (χ3v) is 7.28. The van der Waals surface area contributed by atoms with Gasteiger partial charge in [0.05, 0.1) is 0 Å². The zero-order chi connectivity index (χ0) is 31.3. The first-order valence-electron chi connectivity index (χ1n) is 14.6. The number of hydrogen-bond acceptors (Lipinski definition) is 0. The van der Waals surface area contributed by atoms with Gasteiger partial charge in [0.2, 0.25) is 0 Å². The molecule has 0 saturated heterocycles. The van der Waals surface area contributed by atoms with Crippen molar-refractivity contribution in [2.24, 2.45) is 0 Å². The molecule has 2 radical (unpaired) electrons.